The first kappa shape index (κ1) is 18.7. The van der Waals surface area contributed by atoms with Crippen molar-refractivity contribution in [3.05, 3.63) is 24.0 Å². The highest BCUT2D eigenvalue weighted by atomic mass is 16.7. The van der Waals surface area contributed by atoms with E-state index in [4.69, 9.17) is 14.4 Å². The molecule has 0 aliphatic carbocycles. The molecule has 2 fully saturated rings. The molecule has 26 heavy (non-hydrogen) atoms. The van der Waals surface area contributed by atoms with Crippen molar-refractivity contribution >= 4 is 18.7 Å². The number of nitriles is 1. The summed E-state index contributed by atoms with van der Waals surface area (Å²) in [6.45, 7) is 8.66. The molecule has 3 rings (SSSR count). The lowest BCUT2D eigenvalue weighted by Crippen LogP contribution is -2.44. The Morgan fingerprint density at radius 1 is 1.23 bits per heavy atom. The minimum atomic E-state index is -0.944. The fourth-order valence-electron chi connectivity index (χ4n) is 3.31. The Morgan fingerprint density at radius 2 is 1.81 bits per heavy atom. The molecule has 1 aromatic heterocycles. The van der Waals surface area contributed by atoms with Crippen LogP contribution in [0.25, 0.3) is 0 Å². The van der Waals surface area contributed by atoms with Gasteiger partial charge in [0, 0.05) is 24.7 Å². The van der Waals surface area contributed by atoms with Gasteiger partial charge in [0.25, 0.3) is 0 Å². The number of piperidine rings is 1. The van der Waals surface area contributed by atoms with Crippen molar-refractivity contribution in [3.8, 4) is 6.07 Å². The van der Waals surface area contributed by atoms with Crippen molar-refractivity contribution in [3.63, 3.8) is 0 Å². The number of hydrogen-bond donors (Lipinski definition) is 1. The van der Waals surface area contributed by atoms with E-state index in [2.05, 4.69) is 11.1 Å². The largest absolute Gasteiger partial charge is 0.496 e. The number of nitrogens with zero attached hydrogens (tertiary/aromatic N) is 3. The van der Waals surface area contributed by atoms with E-state index >= 15 is 0 Å². The summed E-state index contributed by atoms with van der Waals surface area (Å²) < 4.78 is 12.1. The van der Waals surface area contributed by atoms with Gasteiger partial charge in [-0.25, -0.2) is 4.79 Å². The Kier molecular flexibility index (Phi) is 4.49. The third-order valence-electron chi connectivity index (χ3n) is 5.90. The second kappa shape index (κ2) is 6.25. The summed E-state index contributed by atoms with van der Waals surface area (Å²) in [6.07, 6.45) is 1.64. The predicted octanol–water partition coefficient (Wildman–Crippen LogP) is 1.92. The maximum Gasteiger partial charge on any atom is 0.496 e. The van der Waals surface area contributed by atoms with Crippen molar-refractivity contribution in [1.82, 2.24) is 9.88 Å². The predicted molar refractivity (Wildman–Crippen MR) is 96.1 cm³/mol. The maximum atomic E-state index is 11.1. The molecule has 2 aliphatic rings. The van der Waals surface area contributed by atoms with Crippen molar-refractivity contribution < 1.29 is 19.2 Å². The van der Waals surface area contributed by atoms with Gasteiger partial charge in [-0.2, -0.15) is 5.26 Å². The zero-order valence-corrected chi connectivity index (χ0v) is 15.7. The zero-order chi connectivity index (χ0) is 19.2. The van der Waals surface area contributed by atoms with Crippen molar-refractivity contribution in [2.75, 3.05) is 13.1 Å². The van der Waals surface area contributed by atoms with Gasteiger partial charge in [-0.3, -0.25) is 4.98 Å². The fraction of sp³-hybridized carbons (Fsp3) is 0.611. The molecule has 138 valence electrons. The first-order valence-electron chi connectivity index (χ1n) is 8.81. The number of aromatic nitrogens is 1. The number of carbonyl (C=O) groups is 1. The highest BCUT2D eigenvalue weighted by Gasteiger charge is 2.52. The van der Waals surface area contributed by atoms with E-state index < -0.39 is 29.8 Å². The first-order chi connectivity index (χ1) is 12.1. The van der Waals surface area contributed by atoms with Crippen LogP contribution in [0, 0.1) is 11.3 Å². The third kappa shape index (κ3) is 3.06. The Morgan fingerprint density at radius 3 is 2.23 bits per heavy atom. The second-order valence-corrected chi connectivity index (χ2v) is 8.03. The normalized spacial score (nSPS) is 23.5. The Bertz CT molecular complexity index is 718. The smallest absolute Gasteiger partial charge is 0.465 e. The van der Waals surface area contributed by atoms with Crippen molar-refractivity contribution in [2.24, 2.45) is 0 Å². The molecule has 0 radical (unpaired) electrons. The van der Waals surface area contributed by atoms with Crippen LogP contribution in [-0.4, -0.2) is 52.5 Å². The molecular formula is C18H24BN3O4. The summed E-state index contributed by atoms with van der Waals surface area (Å²) in [5.74, 6) is 0. The number of likely N-dealkylation sites (tertiary alicyclic amines) is 1. The Hall–Kier alpha value is -2.11. The lowest BCUT2D eigenvalue weighted by Gasteiger charge is -2.35. The molecule has 7 nitrogen and oxygen atoms in total. The average molecular weight is 357 g/mol. The number of hydrogen-bond acceptors (Lipinski definition) is 5. The molecule has 0 spiro atoms. The molecule has 3 heterocycles. The van der Waals surface area contributed by atoms with Crippen LogP contribution < -0.4 is 5.46 Å². The van der Waals surface area contributed by atoms with Crippen LogP contribution in [0.15, 0.2) is 18.3 Å². The molecule has 1 aromatic rings. The standard InChI is InChI=1S/C18H24BN3O4/c1-16(2)17(3,4)26-19(25-16)13-5-6-14(21-11-13)18(12-20)7-9-22(10-8-18)15(23)24/h5-6,11H,7-10H2,1-4H3,(H,23,24). The van der Waals surface area contributed by atoms with E-state index in [0.717, 1.165) is 5.46 Å². The molecule has 0 aromatic carbocycles. The van der Waals surface area contributed by atoms with E-state index in [0.29, 0.717) is 31.6 Å². The first-order valence-corrected chi connectivity index (χ1v) is 8.81. The molecule has 8 heteroatoms. The summed E-state index contributed by atoms with van der Waals surface area (Å²) in [6, 6.07) is 6.08. The van der Waals surface area contributed by atoms with Crippen LogP contribution in [0.3, 0.4) is 0 Å². The molecule has 0 unspecified atom stereocenters. The van der Waals surface area contributed by atoms with Gasteiger partial charge in [-0.05, 0) is 46.6 Å². The van der Waals surface area contributed by atoms with Crippen LogP contribution in [0.1, 0.15) is 46.2 Å². The van der Waals surface area contributed by atoms with Gasteiger partial charge in [-0.15, -0.1) is 0 Å². The highest BCUT2D eigenvalue weighted by molar-refractivity contribution is 6.62. The number of pyridine rings is 1. The van der Waals surface area contributed by atoms with Crippen molar-refractivity contribution in [1.29, 1.82) is 5.26 Å². The van der Waals surface area contributed by atoms with Crippen LogP contribution in [-0.2, 0) is 14.7 Å². The van der Waals surface area contributed by atoms with Crippen LogP contribution in [0.4, 0.5) is 4.79 Å². The maximum absolute atomic E-state index is 11.1. The number of amides is 1. The average Bonchev–Trinajstić information content (AvgIpc) is 2.83. The van der Waals surface area contributed by atoms with Gasteiger partial charge >= 0.3 is 13.2 Å². The molecule has 0 bridgehead atoms. The molecule has 0 atom stereocenters. The van der Waals surface area contributed by atoms with Gasteiger partial charge in [0.15, 0.2) is 0 Å². The monoisotopic (exact) mass is 357 g/mol. The second-order valence-electron chi connectivity index (χ2n) is 8.03. The summed E-state index contributed by atoms with van der Waals surface area (Å²) in [5.41, 5.74) is -0.115. The van der Waals surface area contributed by atoms with Gasteiger partial charge in [0.1, 0.15) is 5.41 Å². The lowest BCUT2D eigenvalue weighted by atomic mass is 9.75. The SMILES string of the molecule is CC1(C)OB(c2ccc(C3(C#N)CCN(C(=O)O)CC3)nc2)OC1(C)C. The fourth-order valence-corrected chi connectivity index (χ4v) is 3.31. The minimum Gasteiger partial charge on any atom is -0.465 e. The molecule has 2 saturated heterocycles. The van der Waals surface area contributed by atoms with E-state index in [1.54, 1.807) is 6.20 Å². The molecule has 1 amide bonds. The summed E-state index contributed by atoms with van der Waals surface area (Å²) in [7, 11) is -0.492. The minimum absolute atomic E-state index is 0.337. The van der Waals surface area contributed by atoms with Crippen LogP contribution in [0.2, 0.25) is 0 Å². The quantitative estimate of drug-likeness (QED) is 0.813. The zero-order valence-electron chi connectivity index (χ0n) is 15.7. The summed E-state index contributed by atoms with van der Waals surface area (Å²) >= 11 is 0. The Balaban J connectivity index is 1.78. The van der Waals surface area contributed by atoms with Gasteiger partial charge in [-0.1, -0.05) is 6.07 Å². The van der Waals surface area contributed by atoms with Gasteiger partial charge < -0.3 is 19.3 Å². The van der Waals surface area contributed by atoms with Gasteiger partial charge in [0.2, 0.25) is 0 Å². The molecule has 1 N–H and O–H groups in total. The molecular weight excluding hydrogens is 333 g/mol. The topological polar surface area (TPSA) is 95.7 Å². The van der Waals surface area contributed by atoms with E-state index in [9.17, 15) is 10.1 Å². The van der Waals surface area contributed by atoms with E-state index in [1.165, 1.54) is 4.90 Å². The van der Waals surface area contributed by atoms with Crippen LogP contribution in [0.5, 0.6) is 0 Å². The highest BCUT2D eigenvalue weighted by Crippen LogP contribution is 2.37. The summed E-state index contributed by atoms with van der Waals surface area (Å²) in [5, 5.41) is 18.8. The molecule has 2 aliphatic heterocycles. The summed E-state index contributed by atoms with van der Waals surface area (Å²) in [4.78, 5) is 16.9. The van der Waals surface area contributed by atoms with Crippen LogP contribution >= 0.6 is 0 Å². The molecule has 0 saturated carbocycles. The van der Waals surface area contributed by atoms with E-state index in [-0.39, 0.29) is 0 Å². The lowest BCUT2D eigenvalue weighted by molar-refractivity contribution is 0.00578. The van der Waals surface area contributed by atoms with Gasteiger partial charge in [0.05, 0.1) is 23.0 Å². The van der Waals surface area contributed by atoms with E-state index in [1.807, 2.05) is 39.8 Å². The van der Waals surface area contributed by atoms with Crippen molar-refractivity contribution in [2.45, 2.75) is 57.2 Å². The number of carboxylic acid groups (broad SMARTS) is 1. The Labute approximate surface area is 154 Å². The number of rotatable bonds is 2. The third-order valence-corrected chi connectivity index (χ3v) is 5.90.